The van der Waals surface area contributed by atoms with Gasteiger partial charge in [0.1, 0.15) is 5.69 Å². The van der Waals surface area contributed by atoms with Crippen molar-refractivity contribution in [1.82, 2.24) is 24.4 Å². The van der Waals surface area contributed by atoms with E-state index >= 15 is 0 Å². The number of carbonyl (C=O) groups excluding carboxylic acids is 1. The largest absolute Gasteiger partial charge is 0.391 e. The molecule has 152 valence electrons. The molecule has 0 bridgehead atoms. The maximum absolute atomic E-state index is 13.1. The predicted octanol–water partition coefficient (Wildman–Crippen LogP) is 3.00. The number of fused-ring (bicyclic) bond motifs is 3. The van der Waals surface area contributed by atoms with Crippen LogP contribution in [0.1, 0.15) is 29.4 Å². The smallest absolute Gasteiger partial charge is 0.270 e. The summed E-state index contributed by atoms with van der Waals surface area (Å²) in [5.74, 6) is 0.727. The molecule has 1 saturated carbocycles. The zero-order valence-corrected chi connectivity index (χ0v) is 16.5. The third-order valence-corrected chi connectivity index (χ3v) is 6.85. The summed E-state index contributed by atoms with van der Waals surface area (Å²) < 4.78 is 2.12. The number of nitrogens with one attached hydrogen (secondary N) is 1. The van der Waals surface area contributed by atoms with Crippen LogP contribution < -0.4 is 0 Å². The van der Waals surface area contributed by atoms with Crippen molar-refractivity contribution in [2.24, 2.45) is 11.8 Å². The molecule has 1 aromatic carbocycles. The van der Waals surface area contributed by atoms with Crippen LogP contribution >= 0.6 is 0 Å². The molecular formula is C23H23N5O2. The van der Waals surface area contributed by atoms with E-state index in [1.165, 1.54) is 0 Å². The van der Waals surface area contributed by atoms with E-state index in [1.807, 2.05) is 47.6 Å². The Morgan fingerprint density at radius 1 is 1.03 bits per heavy atom. The quantitative estimate of drug-likeness (QED) is 0.541. The zero-order valence-electron chi connectivity index (χ0n) is 16.5. The number of aliphatic hydroxyl groups excluding tert-OH is 1. The van der Waals surface area contributed by atoms with E-state index < -0.39 is 6.10 Å². The minimum atomic E-state index is -0.434. The summed E-state index contributed by atoms with van der Waals surface area (Å²) in [6.07, 6.45) is 4.70. The van der Waals surface area contributed by atoms with E-state index in [1.54, 1.807) is 6.20 Å². The number of hydrogen-bond donors (Lipinski definition) is 2. The van der Waals surface area contributed by atoms with Crippen LogP contribution in [0, 0.1) is 11.8 Å². The van der Waals surface area contributed by atoms with E-state index in [9.17, 15) is 9.90 Å². The third kappa shape index (κ3) is 2.73. The molecule has 1 aliphatic heterocycles. The van der Waals surface area contributed by atoms with Gasteiger partial charge in [-0.2, -0.15) is 0 Å². The Labute approximate surface area is 173 Å². The van der Waals surface area contributed by atoms with E-state index in [2.05, 4.69) is 25.6 Å². The second kappa shape index (κ2) is 6.67. The Morgan fingerprint density at radius 3 is 2.73 bits per heavy atom. The molecule has 0 unspecified atom stereocenters. The van der Waals surface area contributed by atoms with Crippen LogP contribution in [0.4, 0.5) is 0 Å². The second-order valence-corrected chi connectivity index (χ2v) is 8.60. The summed E-state index contributed by atoms with van der Waals surface area (Å²) in [6, 6.07) is 13.6. The molecule has 7 nitrogen and oxygen atoms in total. The van der Waals surface area contributed by atoms with Gasteiger partial charge >= 0.3 is 0 Å². The molecule has 30 heavy (non-hydrogen) atoms. The van der Waals surface area contributed by atoms with Crippen LogP contribution in [-0.2, 0) is 0 Å². The van der Waals surface area contributed by atoms with Crippen LogP contribution in [0.5, 0.6) is 0 Å². The van der Waals surface area contributed by atoms with Crippen molar-refractivity contribution in [3.05, 3.63) is 60.7 Å². The maximum Gasteiger partial charge on any atom is 0.270 e. The van der Waals surface area contributed by atoms with Gasteiger partial charge in [-0.3, -0.25) is 9.78 Å². The van der Waals surface area contributed by atoms with Crippen molar-refractivity contribution >= 4 is 28.0 Å². The average Bonchev–Trinajstić information content (AvgIpc) is 3.48. The fraction of sp³-hybridized carbons (Fsp3) is 0.348. The number of para-hydroxylation sites is 2. The van der Waals surface area contributed by atoms with E-state index in [-0.39, 0.29) is 11.9 Å². The Bertz CT molecular complexity index is 1210. The minimum absolute atomic E-state index is 0.00835. The second-order valence-electron chi connectivity index (χ2n) is 8.60. The van der Waals surface area contributed by atoms with Gasteiger partial charge in [0.25, 0.3) is 5.91 Å². The number of likely N-dealkylation sites (tertiary alicyclic amines) is 1. The lowest BCUT2D eigenvalue weighted by Crippen LogP contribution is -2.36. The minimum Gasteiger partial charge on any atom is -0.391 e. The van der Waals surface area contributed by atoms with Crippen LogP contribution in [0.2, 0.25) is 0 Å². The molecule has 3 aromatic heterocycles. The van der Waals surface area contributed by atoms with Crippen LogP contribution in [0.15, 0.2) is 55.0 Å². The lowest BCUT2D eigenvalue weighted by molar-refractivity contribution is 0.0374. The predicted molar refractivity (Wildman–Crippen MR) is 113 cm³/mol. The summed E-state index contributed by atoms with van der Waals surface area (Å²) in [6.45, 7) is 1.42. The number of H-pyrrole nitrogens is 1. The molecule has 2 aliphatic rings. The number of benzene rings is 1. The monoisotopic (exact) mass is 401 g/mol. The van der Waals surface area contributed by atoms with Gasteiger partial charge in [-0.1, -0.05) is 12.1 Å². The molecule has 2 fully saturated rings. The van der Waals surface area contributed by atoms with Gasteiger partial charge in [-0.15, -0.1) is 0 Å². The summed E-state index contributed by atoms with van der Waals surface area (Å²) >= 11 is 0. The first kappa shape index (κ1) is 17.7. The number of rotatable bonds is 2. The van der Waals surface area contributed by atoms with Gasteiger partial charge in [-0.05, 0) is 55.0 Å². The van der Waals surface area contributed by atoms with Crippen LogP contribution in [0.3, 0.4) is 0 Å². The molecule has 4 atom stereocenters. The van der Waals surface area contributed by atoms with Gasteiger partial charge in [0.2, 0.25) is 0 Å². The molecule has 1 aliphatic carbocycles. The van der Waals surface area contributed by atoms with Crippen molar-refractivity contribution in [2.75, 3.05) is 13.1 Å². The van der Waals surface area contributed by atoms with Crippen molar-refractivity contribution in [3.63, 3.8) is 0 Å². The number of pyridine rings is 1. The number of nitrogens with zero attached hydrogens (tertiary/aromatic N) is 4. The third-order valence-electron chi connectivity index (χ3n) is 6.85. The van der Waals surface area contributed by atoms with Gasteiger partial charge in [0.15, 0.2) is 0 Å². The lowest BCUT2D eigenvalue weighted by Gasteiger charge is -2.36. The number of aromatic amines is 1. The molecule has 0 spiro atoms. The summed E-state index contributed by atoms with van der Waals surface area (Å²) in [5.41, 5.74) is 4.26. The number of carbonyl (C=O) groups is 1. The zero-order chi connectivity index (χ0) is 20.2. The average molecular weight is 401 g/mol. The number of imidazole rings is 1. The normalized spacial score (nSPS) is 26.4. The lowest BCUT2D eigenvalue weighted by atomic mass is 9.77. The highest BCUT2D eigenvalue weighted by atomic mass is 16.3. The van der Waals surface area contributed by atoms with Gasteiger partial charge in [0.05, 0.1) is 40.5 Å². The van der Waals surface area contributed by atoms with Crippen LogP contribution in [-0.4, -0.2) is 54.6 Å². The first-order valence-corrected chi connectivity index (χ1v) is 10.5. The molecule has 0 radical (unpaired) electrons. The Kier molecular flexibility index (Phi) is 3.92. The van der Waals surface area contributed by atoms with E-state index in [4.69, 9.17) is 0 Å². The molecule has 4 heterocycles. The van der Waals surface area contributed by atoms with Crippen molar-refractivity contribution < 1.29 is 9.90 Å². The number of aromatic nitrogens is 4. The van der Waals surface area contributed by atoms with E-state index in [0.717, 1.165) is 35.0 Å². The summed E-state index contributed by atoms with van der Waals surface area (Å²) in [5, 5.41) is 10.9. The molecule has 7 heteroatoms. The molecule has 1 amide bonds. The van der Waals surface area contributed by atoms with Crippen molar-refractivity contribution in [1.29, 1.82) is 0 Å². The highest BCUT2D eigenvalue weighted by molar-refractivity contribution is 5.97. The van der Waals surface area contributed by atoms with E-state index in [0.29, 0.717) is 30.5 Å². The molecule has 2 N–H and O–H groups in total. The molecule has 1 saturated heterocycles. The SMILES string of the molecule is O=C(c1cc2ncccc2[nH]1)N1C[C@H]2C[C@@H](n3cnc4ccccc43)[C@H](O)C[C@H]2C1. The highest BCUT2D eigenvalue weighted by Crippen LogP contribution is 2.42. The Morgan fingerprint density at radius 2 is 1.87 bits per heavy atom. The first-order valence-electron chi connectivity index (χ1n) is 10.5. The summed E-state index contributed by atoms with van der Waals surface area (Å²) in [7, 11) is 0. The topological polar surface area (TPSA) is 87.0 Å². The number of hydrogen-bond acceptors (Lipinski definition) is 4. The number of amides is 1. The maximum atomic E-state index is 13.1. The number of aliphatic hydroxyl groups is 1. The fourth-order valence-corrected chi connectivity index (χ4v) is 5.36. The Balaban J connectivity index is 1.23. The van der Waals surface area contributed by atoms with Gasteiger partial charge in [-0.25, -0.2) is 4.98 Å². The highest BCUT2D eigenvalue weighted by Gasteiger charge is 2.44. The first-order chi connectivity index (χ1) is 14.7. The van der Waals surface area contributed by atoms with Crippen LogP contribution in [0.25, 0.3) is 22.1 Å². The fourth-order valence-electron chi connectivity index (χ4n) is 5.36. The Hall–Kier alpha value is -3.19. The molecular weight excluding hydrogens is 378 g/mol. The van der Waals surface area contributed by atoms with Crippen molar-refractivity contribution in [2.45, 2.75) is 25.0 Å². The van der Waals surface area contributed by atoms with Crippen molar-refractivity contribution in [3.8, 4) is 0 Å². The molecule has 4 aromatic rings. The standard InChI is InChI=1S/C23H23N5O2/c29-22-9-15-12-27(23(30)19-10-18-16(26-19)5-3-7-24-18)11-14(15)8-21(22)28-13-25-17-4-1-2-6-20(17)28/h1-7,10,13-15,21-22,26,29H,8-9,11-12H2/t14-,15+,21-,22-/m1/s1. The molecule has 6 rings (SSSR count). The summed E-state index contributed by atoms with van der Waals surface area (Å²) in [4.78, 5) is 27.1. The van der Waals surface area contributed by atoms with Gasteiger partial charge in [0, 0.05) is 19.3 Å². The van der Waals surface area contributed by atoms with Gasteiger partial charge < -0.3 is 19.6 Å².